The number of hydrogen-bond acceptors (Lipinski definition) is 5. The normalized spacial score (nSPS) is 17.1. The van der Waals surface area contributed by atoms with Gasteiger partial charge in [0, 0.05) is 12.6 Å². The first kappa shape index (κ1) is 11.1. The molecule has 5 heteroatoms. The number of rotatable bonds is 5. The fourth-order valence-electron chi connectivity index (χ4n) is 1.78. The molecule has 0 saturated heterocycles. The molecule has 1 aromatic rings. The molecule has 2 rings (SSSR count). The van der Waals surface area contributed by atoms with E-state index in [0.717, 1.165) is 11.5 Å². The van der Waals surface area contributed by atoms with Crippen LogP contribution in [0.2, 0.25) is 0 Å². The van der Waals surface area contributed by atoms with Crippen LogP contribution in [0.5, 0.6) is 5.88 Å². The lowest BCUT2D eigenvalue weighted by Gasteiger charge is -2.14. The quantitative estimate of drug-likeness (QED) is 0.776. The first-order chi connectivity index (χ1) is 7.72. The highest BCUT2D eigenvalue weighted by Crippen LogP contribution is 2.32. The van der Waals surface area contributed by atoms with Gasteiger partial charge in [-0.2, -0.15) is 0 Å². The van der Waals surface area contributed by atoms with Gasteiger partial charge in [0.25, 0.3) is 0 Å². The van der Waals surface area contributed by atoms with Crippen LogP contribution in [0.3, 0.4) is 0 Å². The van der Waals surface area contributed by atoms with E-state index in [-0.39, 0.29) is 0 Å². The van der Waals surface area contributed by atoms with Crippen molar-refractivity contribution in [2.45, 2.75) is 32.4 Å². The predicted molar refractivity (Wildman–Crippen MR) is 62.0 cm³/mol. The van der Waals surface area contributed by atoms with E-state index in [9.17, 15) is 0 Å². The number of methoxy groups -OCH3 is 1. The molecule has 1 fully saturated rings. The third kappa shape index (κ3) is 2.41. The number of anilines is 1. The number of nitrogens with two attached hydrogens (primary N) is 1. The van der Waals surface area contributed by atoms with Crippen LogP contribution in [0.4, 0.5) is 5.82 Å². The third-order valence-corrected chi connectivity index (χ3v) is 3.06. The van der Waals surface area contributed by atoms with Gasteiger partial charge < -0.3 is 15.8 Å². The Morgan fingerprint density at radius 3 is 2.94 bits per heavy atom. The lowest BCUT2D eigenvalue weighted by Crippen LogP contribution is -2.28. The monoisotopic (exact) mass is 222 g/mol. The van der Waals surface area contributed by atoms with Gasteiger partial charge in [0.05, 0.1) is 12.7 Å². The molecule has 1 saturated carbocycles. The van der Waals surface area contributed by atoms with Gasteiger partial charge in [0.2, 0.25) is 5.88 Å². The maximum atomic E-state index is 5.80. The van der Waals surface area contributed by atoms with Crippen LogP contribution in [-0.2, 0) is 6.54 Å². The summed E-state index contributed by atoms with van der Waals surface area (Å²) >= 11 is 0. The third-order valence-electron chi connectivity index (χ3n) is 3.06. The van der Waals surface area contributed by atoms with E-state index in [1.807, 2.05) is 0 Å². The van der Waals surface area contributed by atoms with E-state index in [2.05, 4.69) is 22.2 Å². The molecule has 16 heavy (non-hydrogen) atoms. The SMILES string of the molecule is COc1ncnc(N)c1CNC(C)C1CC1. The molecule has 3 N–H and O–H groups in total. The van der Waals surface area contributed by atoms with Crippen molar-refractivity contribution >= 4 is 5.82 Å². The molecular formula is C11H18N4O. The highest BCUT2D eigenvalue weighted by atomic mass is 16.5. The van der Waals surface area contributed by atoms with Crippen LogP contribution in [0.15, 0.2) is 6.33 Å². The van der Waals surface area contributed by atoms with Gasteiger partial charge in [-0.3, -0.25) is 0 Å². The summed E-state index contributed by atoms with van der Waals surface area (Å²) in [5.74, 6) is 1.86. The highest BCUT2D eigenvalue weighted by molar-refractivity contribution is 5.44. The maximum Gasteiger partial charge on any atom is 0.222 e. The second kappa shape index (κ2) is 4.65. The summed E-state index contributed by atoms with van der Waals surface area (Å²) in [5.41, 5.74) is 6.65. The van der Waals surface area contributed by atoms with Crippen LogP contribution >= 0.6 is 0 Å². The Labute approximate surface area is 95.4 Å². The Kier molecular flexibility index (Phi) is 3.24. The van der Waals surface area contributed by atoms with Crippen molar-refractivity contribution in [1.82, 2.24) is 15.3 Å². The molecule has 1 unspecified atom stereocenters. The number of nitrogens with zero attached hydrogens (tertiary/aromatic N) is 2. The molecule has 0 amide bonds. The number of hydrogen-bond donors (Lipinski definition) is 2. The first-order valence-corrected chi connectivity index (χ1v) is 5.59. The van der Waals surface area contributed by atoms with Gasteiger partial charge >= 0.3 is 0 Å². The minimum atomic E-state index is 0.488. The Morgan fingerprint density at radius 2 is 2.31 bits per heavy atom. The molecular weight excluding hydrogens is 204 g/mol. The van der Waals surface area contributed by atoms with Gasteiger partial charge in [-0.25, -0.2) is 9.97 Å². The van der Waals surface area contributed by atoms with Crippen molar-refractivity contribution in [3.8, 4) is 5.88 Å². The summed E-state index contributed by atoms with van der Waals surface area (Å²) in [5, 5.41) is 3.44. The molecule has 5 nitrogen and oxygen atoms in total. The van der Waals surface area contributed by atoms with Crippen molar-refractivity contribution < 1.29 is 4.74 Å². The van der Waals surface area contributed by atoms with Gasteiger partial charge in [-0.1, -0.05) is 0 Å². The Hall–Kier alpha value is -1.36. The van der Waals surface area contributed by atoms with Crippen LogP contribution in [-0.4, -0.2) is 23.1 Å². The molecule has 88 valence electrons. The van der Waals surface area contributed by atoms with Crippen molar-refractivity contribution in [2.75, 3.05) is 12.8 Å². The van der Waals surface area contributed by atoms with Crippen molar-refractivity contribution in [3.63, 3.8) is 0 Å². The summed E-state index contributed by atoms with van der Waals surface area (Å²) in [6.07, 6.45) is 4.07. The summed E-state index contributed by atoms with van der Waals surface area (Å²) in [6, 6.07) is 0.518. The van der Waals surface area contributed by atoms with Crippen molar-refractivity contribution in [1.29, 1.82) is 0 Å². The molecule has 1 aliphatic carbocycles. The minimum absolute atomic E-state index is 0.488. The lowest BCUT2D eigenvalue weighted by atomic mass is 10.2. The average Bonchev–Trinajstić information content (AvgIpc) is 3.10. The van der Waals surface area contributed by atoms with E-state index >= 15 is 0 Å². The van der Waals surface area contributed by atoms with E-state index < -0.39 is 0 Å². The minimum Gasteiger partial charge on any atom is -0.481 e. The fraction of sp³-hybridized carbons (Fsp3) is 0.636. The number of nitrogen functional groups attached to an aromatic ring is 1. The second-order valence-corrected chi connectivity index (χ2v) is 4.25. The molecule has 0 aliphatic heterocycles. The second-order valence-electron chi connectivity index (χ2n) is 4.25. The summed E-state index contributed by atoms with van der Waals surface area (Å²) < 4.78 is 5.16. The largest absolute Gasteiger partial charge is 0.481 e. The van der Waals surface area contributed by atoms with E-state index in [1.54, 1.807) is 7.11 Å². The number of ether oxygens (including phenoxy) is 1. The predicted octanol–water partition coefficient (Wildman–Crippen LogP) is 0.955. The van der Waals surface area contributed by atoms with Gasteiger partial charge in [0.1, 0.15) is 12.1 Å². The Morgan fingerprint density at radius 1 is 1.56 bits per heavy atom. The highest BCUT2D eigenvalue weighted by Gasteiger charge is 2.27. The number of aromatic nitrogens is 2. The summed E-state index contributed by atoms with van der Waals surface area (Å²) in [4.78, 5) is 8.02. The van der Waals surface area contributed by atoms with Crippen molar-refractivity contribution in [2.24, 2.45) is 5.92 Å². The lowest BCUT2D eigenvalue weighted by molar-refractivity contribution is 0.386. The Balaban J connectivity index is 2.01. The fourth-order valence-corrected chi connectivity index (χ4v) is 1.78. The standard InChI is InChI=1S/C11H18N4O/c1-7(8-3-4-8)13-5-9-10(12)14-6-15-11(9)16-2/h6-8,13H,3-5H2,1-2H3,(H2,12,14,15). The Bertz CT molecular complexity index is 365. The smallest absolute Gasteiger partial charge is 0.222 e. The summed E-state index contributed by atoms with van der Waals surface area (Å²) in [7, 11) is 1.59. The molecule has 0 spiro atoms. The first-order valence-electron chi connectivity index (χ1n) is 5.59. The van der Waals surface area contributed by atoms with Crippen LogP contribution in [0, 0.1) is 5.92 Å². The van der Waals surface area contributed by atoms with Crippen molar-refractivity contribution in [3.05, 3.63) is 11.9 Å². The molecule has 0 bridgehead atoms. The van der Waals surface area contributed by atoms with Gasteiger partial charge in [-0.05, 0) is 25.7 Å². The zero-order valence-corrected chi connectivity index (χ0v) is 9.73. The van der Waals surface area contributed by atoms with Crippen LogP contribution in [0.25, 0.3) is 0 Å². The molecule has 1 heterocycles. The molecule has 0 radical (unpaired) electrons. The average molecular weight is 222 g/mol. The van der Waals surface area contributed by atoms with E-state index in [1.165, 1.54) is 19.2 Å². The topological polar surface area (TPSA) is 73.1 Å². The molecule has 1 aromatic heterocycles. The van der Waals surface area contributed by atoms with E-state index in [4.69, 9.17) is 10.5 Å². The van der Waals surface area contributed by atoms with Gasteiger partial charge in [-0.15, -0.1) is 0 Å². The van der Waals surface area contributed by atoms with E-state index in [0.29, 0.717) is 24.3 Å². The molecule has 0 aromatic carbocycles. The molecule has 1 aliphatic rings. The molecule has 1 atom stereocenters. The summed E-state index contributed by atoms with van der Waals surface area (Å²) in [6.45, 7) is 2.86. The number of nitrogens with one attached hydrogen (secondary N) is 1. The van der Waals surface area contributed by atoms with Gasteiger partial charge in [0.15, 0.2) is 0 Å². The van der Waals surface area contributed by atoms with Crippen LogP contribution in [0.1, 0.15) is 25.3 Å². The maximum absolute atomic E-state index is 5.80. The zero-order valence-electron chi connectivity index (χ0n) is 9.73. The zero-order chi connectivity index (χ0) is 11.5. The van der Waals surface area contributed by atoms with Crippen LogP contribution < -0.4 is 15.8 Å².